The van der Waals surface area contributed by atoms with Gasteiger partial charge in [0.25, 0.3) is 0 Å². The Kier molecular flexibility index (Phi) is 8.35. The molecular weight excluding hydrogens is 494 g/mol. The van der Waals surface area contributed by atoms with Gasteiger partial charge in [-0.25, -0.2) is 4.79 Å². The van der Waals surface area contributed by atoms with Crippen LogP contribution >= 0.6 is 0 Å². The van der Waals surface area contributed by atoms with Crippen LogP contribution in [0.25, 0.3) is 0 Å². The van der Waals surface area contributed by atoms with Crippen molar-refractivity contribution in [2.75, 3.05) is 7.11 Å². The van der Waals surface area contributed by atoms with Crippen molar-refractivity contribution in [3.05, 3.63) is 11.1 Å². The molecule has 2 N–H and O–H groups in total. The summed E-state index contributed by atoms with van der Waals surface area (Å²) in [5, 5.41) is 25.3. The van der Waals surface area contributed by atoms with Crippen molar-refractivity contribution in [3.8, 4) is 0 Å². The van der Waals surface area contributed by atoms with Crippen molar-refractivity contribution >= 4 is 17.7 Å². The molecule has 0 radical (unpaired) electrons. The van der Waals surface area contributed by atoms with E-state index in [2.05, 4.69) is 46.7 Å². The van der Waals surface area contributed by atoms with E-state index in [1.807, 2.05) is 0 Å². The van der Waals surface area contributed by atoms with E-state index in [1.165, 1.54) is 14.0 Å². The van der Waals surface area contributed by atoms with Crippen LogP contribution in [0.15, 0.2) is 16.3 Å². The van der Waals surface area contributed by atoms with Crippen LogP contribution < -0.4 is 0 Å². The third-order valence-corrected chi connectivity index (χ3v) is 12.0. The molecule has 39 heavy (non-hydrogen) atoms. The van der Waals surface area contributed by atoms with E-state index in [0.29, 0.717) is 36.7 Å². The van der Waals surface area contributed by atoms with E-state index in [9.17, 15) is 19.9 Å². The number of fused-ring (bicyclic) bond motifs is 5. The maximum atomic E-state index is 13.2. The summed E-state index contributed by atoms with van der Waals surface area (Å²) >= 11 is 0. The molecule has 0 aromatic rings. The molecule has 7 heteroatoms. The molecule has 4 aliphatic rings. The number of aliphatic hydroxyl groups excluding tert-OH is 1. The molecule has 4 saturated carbocycles. The SMILES string of the molecule is COC(=O)/C(CCCC(C)C)=C1/C2C[C@@H](O)[C@H]3[C@@]4(C)CC/C(=N\O)[C@@H](C)C4CC[C@]3(C)[C@@]2(C)C[C@@H]1OC(C)=O. The minimum absolute atomic E-state index is 0.0625. The summed E-state index contributed by atoms with van der Waals surface area (Å²) in [4.78, 5) is 25.6. The standard InChI is InChI=1S/C32H51NO6/c1-18(2)10-9-11-21(29(36)38-8)27-23-16-25(35)28-30(5)14-13-24(33-37)19(3)22(30)12-15-31(28,6)32(23,7)17-26(27)39-20(4)34/h18-19,22-23,25-26,28,35,37H,9-17H2,1-8H3/b27-21-,33-24+/t19-,22?,23?,25+,26-,28-,30-,31-,32-/m0/s1. The molecule has 9 atom stereocenters. The maximum Gasteiger partial charge on any atom is 0.333 e. The van der Waals surface area contributed by atoms with Gasteiger partial charge in [-0.3, -0.25) is 4.79 Å². The third-order valence-electron chi connectivity index (χ3n) is 12.0. The van der Waals surface area contributed by atoms with Gasteiger partial charge in [0.15, 0.2) is 0 Å². The molecule has 0 aliphatic heterocycles. The number of oxime groups is 1. The largest absolute Gasteiger partial charge is 0.466 e. The lowest BCUT2D eigenvalue weighted by molar-refractivity contribution is -0.218. The van der Waals surface area contributed by atoms with Gasteiger partial charge in [-0.05, 0) is 96.9 Å². The Balaban J connectivity index is 1.82. The first kappa shape index (κ1) is 30.1. The maximum absolute atomic E-state index is 13.2. The molecule has 4 rings (SSSR count). The first-order valence-electron chi connectivity index (χ1n) is 15.1. The summed E-state index contributed by atoms with van der Waals surface area (Å²) in [6.45, 7) is 15.0. The van der Waals surface area contributed by atoms with Crippen molar-refractivity contribution in [1.29, 1.82) is 0 Å². The Bertz CT molecular complexity index is 1030. The fourth-order valence-electron chi connectivity index (χ4n) is 10.0. The Morgan fingerprint density at radius 3 is 2.44 bits per heavy atom. The second-order valence-corrected chi connectivity index (χ2v) is 14.2. The highest BCUT2D eigenvalue weighted by Crippen LogP contribution is 2.74. The lowest BCUT2D eigenvalue weighted by Gasteiger charge is -2.68. The van der Waals surface area contributed by atoms with Gasteiger partial charge < -0.3 is 19.8 Å². The van der Waals surface area contributed by atoms with E-state index in [-0.39, 0.29) is 45.9 Å². The normalized spacial score (nSPS) is 43.9. The summed E-state index contributed by atoms with van der Waals surface area (Å²) in [7, 11) is 1.42. The summed E-state index contributed by atoms with van der Waals surface area (Å²) in [5.41, 5.74) is 1.84. The van der Waals surface area contributed by atoms with E-state index >= 15 is 0 Å². The first-order valence-corrected chi connectivity index (χ1v) is 15.1. The zero-order valence-electron chi connectivity index (χ0n) is 25.4. The van der Waals surface area contributed by atoms with Crippen molar-refractivity contribution in [1.82, 2.24) is 0 Å². The molecule has 220 valence electrons. The minimum atomic E-state index is -0.540. The molecule has 0 heterocycles. The van der Waals surface area contributed by atoms with Gasteiger partial charge >= 0.3 is 11.9 Å². The highest BCUT2D eigenvalue weighted by atomic mass is 16.5. The average Bonchev–Trinajstić information content (AvgIpc) is 3.12. The number of carbonyl (C=O) groups excluding carboxylic acids is 2. The summed E-state index contributed by atoms with van der Waals surface area (Å²) in [6, 6.07) is 0. The van der Waals surface area contributed by atoms with Crippen LogP contribution in [0.5, 0.6) is 0 Å². The molecule has 0 bridgehead atoms. The van der Waals surface area contributed by atoms with Gasteiger partial charge in [-0.2, -0.15) is 0 Å². The van der Waals surface area contributed by atoms with Crippen LogP contribution in [0.3, 0.4) is 0 Å². The predicted octanol–water partition coefficient (Wildman–Crippen LogP) is 6.30. The van der Waals surface area contributed by atoms with Crippen molar-refractivity contribution in [2.24, 2.45) is 51.0 Å². The number of hydrogen-bond donors (Lipinski definition) is 2. The molecule has 0 spiro atoms. The lowest BCUT2D eigenvalue weighted by Crippen LogP contribution is -2.65. The van der Waals surface area contributed by atoms with Gasteiger partial charge in [-0.15, -0.1) is 0 Å². The van der Waals surface area contributed by atoms with Crippen LogP contribution in [0.2, 0.25) is 0 Å². The second kappa shape index (κ2) is 10.8. The van der Waals surface area contributed by atoms with E-state index in [0.717, 1.165) is 49.8 Å². The number of esters is 2. The highest BCUT2D eigenvalue weighted by molar-refractivity contribution is 5.90. The minimum Gasteiger partial charge on any atom is -0.466 e. The van der Waals surface area contributed by atoms with Crippen molar-refractivity contribution < 1.29 is 29.4 Å². The molecule has 2 unspecified atom stereocenters. The van der Waals surface area contributed by atoms with Gasteiger partial charge in [0.05, 0.1) is 18.9 Å². The number of hydrogen-bond acceptors (Lipinski definition) is 7. The van der Waals surface area contributed by atoms with Crippen LogP contribution in [0.4, 0.5) is 0 Å². The van der Waals surface area contributed by atoms with Crippen LogP contribution in [0, 0.1) is 45.8 Å². The number of aliphatic hydroxyl groups is 1. The monoisotopic (exact) mass is 545 g/mol. The third kappa shape index (κ3) is 4.74. The predicted molar refractivity (Wildman–Crippen MR) is 150 cm³/mol. The Morgan fingerprint density at radius 2 is 1.85 bits per heavy atom. The van der Waals surface area contributed by atoms with E-state index < -0.39 is 12.2 Å². The summed E-state index contributed by atoms with van der Waals surface area (Å²) < 4.78 is 11.3. The van der Waals surface area contributed by atoms with Gasteiger partial charge in [0, 0.05) is 18.4 Å². The molecule has 0 saturated heterocycles. The second-order valence-electron chi connectivity index (χ2n) is 14.2. The molecule has 0 aromatic carbocycles. The van der Waals surface area contributed by atoms with Gasteiger partial charge in [0.2, 0.25) is 0 Å². The number of nitrogens with zero attached hydrogens (tertiary/aromatic N) is 1. The van der Waals surface area contributed by atoms with E-state index in [1.54, 1.807) is 0 Å². The quantitative estimate of drug-likeness (QED) is 0.176. The first-order chi connectivity index (χ1) is 18.2. The van der Waals surface area contributed by atoms with Crippen LogP contribution in [0.1, 0.15) is 106 Å². The Morgan fingerprint density at radius 1 is 1.15 bits per heavy atom. The van der Waals surface area contributed by atoms with Crippen LogP contribution in [-0.2, 0) is 19.1 Å². The number of methoxy groups -OCH3 is 1. The van der Waals surface area contributed by atoms with Crippen molar-refractivity contribution in [3.63, 3.8) is 0 Å². The molecule has 7 nitrogen and oxygen atoms in total. The Labute approximate surface area is 234 Å². The smallest absolute Gasteiger partial charge is 0.333 e. The summed E-state index contributed by atoms with van der Waals surface area (Å²) in [6.07, 6.45) is 6.17. The topological polar surface area (TPSA) is 105 Å². The molecule has 0 aromatic heterocycles. The van der Waals surface area contributed by atoms with Crippen LogP contribution in [-0.4, -0.2) is 47.3 Å². The zero-order chi connectivity index (χ0) is 28.9. The molecular formula is C32H51NO6. The van der Waals surface area contributed by atoms with Gasteiger partial charge in [-0.1, -0.05) is 53.1 Å². The fourth-order valence-corrected chi connectivity index (χ4v) is 10.0. The molecule has 0 amide bonds. The number of carbonyl (C=O) groups is 2. The van der Waals surface area contributed by atoms with Crippen molar-refractivity contribution in [2.45, 2.75) is 118 Å². The van der Waals surface area contributed by atoms with Gasteiger partial charge in [0.1, 0.15) is 6.10 Å². The molecule has 4 fully saturated rings. The molecule has 4 aliphatic carbocycles. The zero-order valence-corrected chi connectivity index (χ0v) is 25.4. The summed E-state index contributed by atoms with van der Waals surface area (Å²) in [5.74, 6) is 0.344. The fraction of sp³-hybridized carbons (Fsp3) is 0.844. The average molecular weight is 546 g/mol. The van der Waals surface area contributed by atoms with E-state index in [4.69, 9.17) is 9.47 Å². The lowest BCUT2D eigenvalue weighted by atomic mass is 9.36. The number of ether oxygens (including phenoxy) is 2. The number of rotatable bonds is 6. The highest BCUT2D eigenvalue weighted by Gasteiger charge is 2.70. The Hall–Kier alpha value is -1.89.